The van der Waals surface area contributed by atoms with Crippen LogP contribution in [0.15, 0.2) is 22.7 Å². The smallest absolute Gasteiger partial charge is 0.261 e. The van der Waals surface area contributed by atoms with Crippen LogP contribution in [-0.2, 0) is 10.0 Å². The van der Waals surface area contributed by atoms with Crippen molar-refractivity contribution >= 4 is 62.0 Å². The van der Waals surface area contributed by atoms with Crippen molar-refractivity contribution in [3.8, 4) is 0 Å². The second-order valence-corrected chi connectivity index (χ2v) is 7.35. The summed E-state index contributed by atoms with van der Waals surface area (Å²) in [4.78, 5) is 7.33. The number of nitrogens with one attached hydrogen (secondary N) is 1. The van der Waals surface area contributed by atoms with Crippen molar-refractivity contribution in [1.82, 2.24) is 9.97 Å². The van der Waals surface area contributed by atoms with E-state index in [9.17, 15) is 8.42 Å². The zero-order valence-corrected chi connectivity index (χ0v) is 12.3. The lowest BCUT2D eigenvalue weighted by Gasteiger charge is -2.06. The van der Waals surface area contributed by atoms with Crippen molar-refractivity contribution in [2.45, 2.75) is 4.21 Å². The Morgan fingerprint density at radius 1 is 1.17 bits per heavy atom. The Bertz CT molecular complexity index is 687. The maximum Gasteiger partial charge on any atom is 0.272 e. The van der Waals surface area contributed by atoms with Crippen molar-refractivity contribution in [3.63, 3.8) is 0 Å². The standard InChI is InChI=1S/C8H4Cl3N3O2S2/c9-4-1-2-5(17-4)18(15,16)14-8-6(10)7(11)12-3-13-8/h1-3H,(H,12,13,14). The highest BCUT2D eigenvalue weighted by atomic mass is 35.5. The van der Waals surface area contributed by atoms with Gasteiger partial charge < -0.3 is 0 Å². The number of nitrogens with zero attached hydrogens (tertiary/aromatic N) is 2. The molecule has 0 aliphatic rings. The molecule has 0 saturated carbocycles. The lowest BCUT2D eigenvalue weighted by Crippen LogP contribution is -2.13. The van der Waals surface area contributed by atoms with Gasteiger partial charge in [0.15, 0.2) is 11.0 Å². The third-order valence-electron chi connectivity index (χ3n) is 1.79. The zero-order valence-electron chi connectivity index (χ0n) is 8.39. The Hall–Kier alpha value is -0.600. The van der Waals surface area contributed by atoms with Crippen molar-refractivity contribution in [1.29, 1.82) is 0 Å². The van der Waals surface area contributed by atoms with Crippen LogP contribution in [0.3, 0.4) is 0 Å². The third-order valence-corrected chi connectivity index (χ3v) is 5.59. The lowest BCUT2D eigenvalue weighted by molar-refractivity contribution is 0.603. The van der Waals surface area contributed by atoms with E-state index in [1.54, 1.807) is 0 Å². The van der Waals surface area contributed by atoms with Crippen molar-refractivity contribution in [3.05, 3.63) is 33.0 Å². The van der Waals surface area contributed by atoms with Crippen LogP contribution in [0.4, 0.5) is 5.82 Å². The number of rotatable bonds is 3. The summed E-state index contributed by atoms with van der Waals surface area (Å²) in [5.74, 6) is -0.0822. The predicted octanol–water partition coefficient (Wildman–Crippen LogP) is 3.30. The van der Waals surface area contributed by atoms with E-state index in [4.69, 9.17) is 34.8 Å². The van der Waals surface area contributed by atoms with Crippen LogP contribution >= 0.6 is 46.1 Å². The summed E-state index contributed by atoms with van der Waals surface area (Å²) >= 11 is 18.0. The Labute approximate surface area is 122 Å². The summed E-state index contributed by atoms with van der Waals surface area (Å²) < 4.78 is 26.5. The van der Waals surface area contributed by atoms with Crippen molar-refractivity contribution in [2.75, 3.05) is 4.72 Å². The molecule has 0 atom stereocenters. The highest BCUT2D eigenvalue weighted by Crippen LogP contribution is 2.30. The van der Waals surface area contributed by atoms with E-state index in [0.717, 1.165) is 17.7 Å². The van der Waals surface area contributed by atoms with E-state index in [-0.39, 0.29) is 20.2 Å². The minimum atomic E-state index is -3.78. The second-order valence-electron chi connectivity index (χ2n) is 2.99. The molecule has 96 valence electrons. The molecule has 10 heteroatoms. The Kier molecular flexibility index (Phi) is 3.98. The van der Waals surface area contributed by atoms with Gasteiger partial charge in [-0.1, -0.05) is 34.8 Å². The van der Waals surface area contributed by atoms with Gasteiger partial charge in [0.2, 0.25) is 0 Å². The maximum absolute atomic E-state index is 12.0. The highest BCUT2D eigenvalue weighted by molar-refractivity contribution is 7.94. The number of aromatic nitrogens is 2. The van der Waals surface area contributed by atoms with E-state index < -0.39 is 10.0 Å². The van der Waals surface area contributed by atoms with E-state index in [1.165, 1.54) is 12.1 Å². The molecule has 0 amide bonds. The van der Waals surface area contributed by atoms with E-state index in [1.807, 2.05) is 0 Å². The van der Waals surface area contributed by atoms with Gasteiger partial charge in [-0.3, -0.25) is 4.72 Å². The first-order valence-corrected chi connectivity index (χ1v) is 7.77. The molecule has 0 fully saturated rings. The fraction of sp³-hybridized carbons (Fsp3) is 0. The molecule has 1 N–H and O–H groups in total. The van der Waals surface area contributed by atoms with Gasteiger partial charge in [-0.15, -0.1) is 11.3 Å². The molecule has 2 aromatic heterocycles. The molecule has 0 bridgehead atoms. The molecule has 18 heavy (non-hydrogen) atoms. The van der Waals surface area contributed by atoms with E-state index >= 15 is 0 Å². The van der Waals surface area contributed by atoms with Crippen LogP contribution in [-0.4, -0.2) is 18.4 Å². The molecule has 0 saturated heterocycles. The largest absolute Gasteiger partial charge is 0.272 e. The van der Waals surface area contributed by atoms with Crippen molar-refractivity contribution in [2.24, 2.45) is 0 Å². The summed E-state index contributed by atoms with van der Waals surface area (Å²) in [5, 5.41) is -0.0982. The van der Waals surface area contributed by atoms with Crippen LogP contribution < -0.4 is 4.72 Å². The SMILES string of the molecule is O=S(=O)(Nc1ncnc(Cl)c1Cl)c1ccc(Cl)s1. The van der Waals surface area contributed by atoms with E-state index in [0.29, 0.717) is 4.34 Å². The van der Waals surface area contributed by atoms with E-state index in [2.05, 4.69) is 14.7 Å². The number of hydrogen-bond acceptors (Lipinski definition) is 5. The van der Waals surface area contributed by atoms with Gasteiger partial charge in [0.1, 0.15) is 15.6 Å². The first-order valence-electron chi connectivity index (χ1n) is 4.34. The maximum atomic E-state index is 12.0. The van der Waals surface area contributed by atoms with Crippen molar-refractivity contribution < 1.29 is 8.42 Å². The van der Waals surface area contributed by atoms with Gasteiger partial charge >= 0.3 is 0 Å². The molecule has 0 radical (unpaired) electrons. The number of anilines is 1. The quantitative estimate of drug-likeness (QED) is 0.867. The topological polar surface area (TPSA) is 72.0 Å². The number of thiophene rings is 1. The van der Waals surface area contributed by atoms with Crippen LogP contribution in [0, 0.1) is 0 Å². The first kappa shape index (κ1) is 13.8. The van der Waals surface area contributed by atoms with Crippen LogP contribution in [0.5, 0.6) is 0 Å². The lowest BCUT2D eigenvalue weighted by atomic mass is 10.6. The molecule has 2 aromatic rings. The summed E-state index contributed by atoms with van der Waals surface area (Å²) in [6, 6.07) is 2.86. The molecule has 0 unspecified atom stereocenters. The van der Waals surface area contributed by atoms with Gasteiger partial charge in [0, 0.05) is 0 Å². The number of sulfonamides is 1. The van der Waals surface area contributed by atoms with Gasteiger partial charge in [0.05, 0.1) is 4.34 Å². The predicted molar refractivity (Wildman–Crippen MR) is 72.2 cm³/mol. The Morgan fingerprint density at radius 2 is 1.89 bits per heavy atom. The summed E-state index contributed by atoms with van der Waals surface area (Å²) in [6.45, 7) is 0. The Balaban J connectivity index is 2.37. The highest BCUT2D eigenvalue weighted by Gasteiger charge is 2.19. The average Bonchev–Trinajstić information content (AvgIpc) is 2.72. The Morgan fingerprint density at radius 3 is 2.50 bits per heavy atom. The van der Waals surface area contributed by atoms with Gasteiger partial charge in [-0.2, -0.15) is 0 Å². The molecular weight excluding hydrogens is 341 g/mol. The van der Waals surface area contributed by atoms with Crippen LogP contribution in [0.1, 0.15) is 0 Å². The fourth-order valence-electron chi connectivity index (χ4n) is 1.04. The molecule has 2 rings (SSSR count). The molecule has 0 aromatic carbocycles. The second kappa shape index (κ2) is 5.18. The minimum absolute atomic E-state index is 0.0337. The monoisotopic (exact) mass is 343 g/mol. The molecule has 2 heterocycles. The number of hydrogen-bond donors (Lipinski definition) is 1. The normalized spacial score (nSPS) is 11.5. The zero-order chi connectivity index (χ0) is 13.3. The first-order chi connectivity index (χ1) is 8.40. The molecule has 5 nitrogen and oxygen atoms in total. The van der Waals surface area contributed by atoms with Gasteiger partial charge in [-0.05, 0) is 12.1 Å². The molecular formula is C8H4Cl3N3O2S2. The molecule has 0 spiro atoms. The third kappa shape index (κ3) is 2.86. The van der Waals surface area contributed by atoms with Gasteiger partial charge in [0.25, 0.3) is 10.0 Å². The summed E-state index contributed by atoms with van der Waals surface area (Å²) in [5.41, 5.74) is 0. The summed E-state index contributed by atoms with van der Waals surface area (Å²) in [6.07, 6.45) is 1.10. The average molecular weight is 345 g/mol. The minimum Gasteiger partial charge on any atom is -0.261 e. The van der Waals surface area contributed by atoms with Crippen LogP contribution in [0.2, 0.25) is 14.5 Å². The molecule has 0 aliphatic heterocycles. The van der Waals surface area contributed by atoms with Gasteiger partial charge in [-0.25, -0.2) is 18.4 Å². The van der Waals surface area contributed by atoms with Crippen LogP contribution in [0.25, 0.3) is 0 Å². The molecule has 0 aliphatic carbocycles. The fourth-order valence-corrected chi connectivity index (χ4v) is 3.88. The number of halogens is 3. The summed E-state index contributed by atoms with van der Waals surface area (Å²) in [7, 11) is -3.78.